The number of carbonyl (C=O) groups is 3. The Morgan fingerprint density at radius 1 is 1.21 bits per heavy atom. The van der Waals surface area contributed by atoms with Crippen LogP contribution in [0.5, 0.6) is 0 Å². The molecule has 1 atom stereocenters. The minimum absolute atomic E-state index is 0.202. The van der Waals surface area contributed by atoms with Crippen molar-refractivity contribution in [3.05, 3.63) is 45.6 Å². The number of hydrogen-bond acceptors (Lipinski definition) is 5. The zero-order valence-electron chi connectivity index (χ0n) is 15.0. The summed E-state index contributed by atoms with van der Waals surface area (Å²) in [7, 11) is 0. The van der Waals surface area contributed by atoms with Gasteiger partial charge in [-0.15, -0.1) is 11.3 Å². The number of hydrogen-bond donors (Lipinski definition) is 3. The highest BCUT2D eigenvalue weighted by Crippen LogP contribution is 2.24. The first kappa shape index (κ1) is 20.0. The number of carbonyl (C=O) groups excluding carboxylic acids is 3. The molecule has 1 aliphatic heterocycles. The van der Waals surface area contributed by atoms with Crippen molar-refractivity contribution >= 4 is 52.3 Å². The molecule has 0 bridgehead atoms. The van der Waals surface area contributed by atoms with Crippen LogP contribution in [-0.2, 0) is 4.74 Å². The van der Waals surface area contributed by atoms with Crippen LogP contribution in [0, 0.1) is 0 Å². The summed E-state index contributed by atoms with van der Waals surface area (Å²) >= 11 is 7.01. The van der Waals surface area contributed by atoms with Gasteiger partial charge in [0.25, 0.3) is 5.91 Å². The molecule has 1 aliphatic rings. The second-order valence-electron chi connectivity index (χ2n) is 5.96. The summed E-state index contributed by atoms with van der Waals surface area (Å²) in [6.45, 7) is 2.87. The number of nitrogens with zero attached hydrogens (tertiary/aromatic N) is 1. The van der Waals surface area contributed by atoms with Crippen LogP contribution < -0.4 is 20.9 Å². The highest BCUT2D eigenvalue weighted by atomic mass is 35.5. The normalized spacial score (nSPS) is 15.9. The number of amides is 4. The molecule has 1 fully saturated rings. The third kappa shape index (κ3) is 4.93. The van der Waals surface area contributed by atoms with Gasteiger partial charge in [-0.05, 0) is 43.3 Å². The number of cyclic esters (lactones) is 1. The zero-order chi connectivity index (χ0) is 20.1. The first-order valence-corrected chi connectivity index (χ1v) is 9.82. The van der Waals surface area contributed by atoms with Gasteiger partial charge in [0.05, 0.1) is 22.3 Å². The van der Waals surface area contributed by atoms with Crippen LogP contribution in [0.15, 0.2) is 36.4 Å². The van der Waals surface area contributed by atoms with E-state index < -0.39 is 12.2 Å². The Bertz CT molecular complexity index is 871. The fourth-order valence-electron chi connectivity index (χ4n) is 2.63. The van der Waals surface area contributed by atoms with E-state index in [0.29, 0.717) is 33.7 Å². The third-order valence-corrected chi connectivity index (χ3v) is 5.17. The fourth-order valence-corrected chi connectivity index (χ4v) is 3.59. The predicted octanol–water partition coefficient (Wildman–Crippen LogP) is 3.30. The lowest BCUT2D eigenvalue weighted by Gasteiger charge is -2.14. The summed E-state index contributed by atoms with van der Waals surface area (Å²) in [5.41, 5.74) is 1.26. The fraction of sp³-hybridized carbons (Fsp3) is 0.278. The molecule has 148 valence electrons. The number of benzene rings is 1. The summed E-state index contributed by atoms with van der Waals surface area (Å²) in [4.78, 5) is 37.7. The first-order valence-electron chi connectivity index (χ1n) is 8.63. The molecule has 1 aromatic carbocycles. The van der Waals surface area contributed by atoms with Crippen molar-refractivity contribution in [2.45, 2.75) is 13.0 Å². The van der Waals surface area contributed by atoms with Crippen LogP contribution in [0.3, 0.4) is 0 Å². The summed E-state index contributed by atoms with van der Waals surface area (Å²) in [6, 6.07) is 9.85. The molecule has 0 unspecified atom stereocenters. The minimum Gasteiger partial charge on any atom is -0.442 e. The van der Waals surface area contributed by atoms with E-state index in [2.05, 4.69) is 16.0 Å². The standard InChI is InChI=1S/C18H19ClN4O4S/c1-2-20-17(25)22-11-3-5-12(6-4-11)23-10-13(27-18(23)26)9-21-16(24)14-7-8-15(19)28-14/h3-8,13H,2,9-10H2,1H3,(H,21,24)(H2,20,22,25)/t13-/m0/s1. The van der Waals surface area contributed by atoms with E-state index in [1.165, 1.54) is 16.2 Å². The lowest BCUT2D eigenvalue weighted by molar-refractivity contribution is 0.0920. The van der Waals surface area contributed by atoms with Gasteiger partial charge in [-0.3, -0.25) is 9.69 Å². The molecule has 10 heteroatoms. The Morgan fingerprint density at radius 3 is 2.61 bits per heavy atom. The monoisotopic (exact) mass is 422 g/mol. The van der Waals surface area contributed by atoms with Crippen molar-refractivity contribution in [2.75, 3.05) is 29.9 Å². The Kier molecular flexibility index (Phi) is 6.37. The van der Waals surface area contributed by atoms with Gasteiger partial charge >= 0.3 is 12.1 Å². The molecule has 3 rings (SSSR count). The number of nitrogens with one attached hydrogen (secondary N) is 3. The molecular weight excluding hydrogens is 404 g/mol. The van der Waals surface area contributed by atoms with Crippen LogP contribution >= 0.6 is 22.9 Å². The van der Waals surface area contributed by atoms with E-state index in [-0.39, 0.29) is 18.5 Å². The molecule has 3 N–H and O–H groups in total. The summed E-state index contributed by atoms with van der Waals surface area (Å²) in [5, 5.41) is 8.07. The molecule has 0 saturated carbocycles. The van der Waals surface area contributed by atoms with E-state index >= 15 is 0 Å². The van der Waals surface area contributed by atoms with Gasteiger partial charge in [0.2, 0.25) is 0 Å². The van der Waals surface area contributed by atoms with Crippen molar-refractivity contribution in [2.24, 2.45) is 0 Å². The Hall–Kier alpha value is -2.78. The Morgan fingerprint density at radius 2 is 1.96 bits per heavy atom. The highest BCUT2D eigenvalue weighted by Gasteiger charge is 2.32. The van der Waals surface area contributed by atoms with E-state index in [9.17, 15) is 14.4 Å². The molecule has 0 aliphatic carbocycles. The largest absolute Gasteiger partial charge is 0.442 e. The van der Waals surface area contributed by atoms with E-state index in [0.717, 1.165) is 0 Å². The molecule has 28 heavy (non-hydrogen) atoms. The second-order valence-corrected chi connectivity index (χ2v) is 7.68. The molecule has 2 aromatic rings. The van der Waals surface area contributed by atoms with Crippen molar-refractivity contribution in [3.8, 4) is 0 Å². The molecule has 8 nitrogen and oxygen atoms in total. The predicted molar refractivity (Wildman–Crippen MR) is 108 cm³/mol. The van der Waals surface area contributed by atoms with Gasteiger partial charge in [0.15, 0.2) is 0 Å². The smallest absolute Gasteiger partial charge is 0.414 e. The maximum atomic E-state index is 12.1. The number of rotatable bonds is 6. The van der Waals surface area contributed by atoms with Gasteiger partial charge < -0.3 is 20.7 Å². The zero-order valence-corrected chi connectivity index (χ0v) is 16.6. The van der Waals surface area contributed by atoms with E-state index in [4.69, 9.17) is 16.3 Å². The van der Waals surface area contributed by atoms with E-state index in [1.807, 2.05) is 6.92 Å². The van der Waals surface area contributed by atoms with Gasteiger partial charge in [0, 0.05) is 17.9 Å². The van der Waals surface area contributed by atoms with Gasteiger partial charge in [-0.2, -0.15) is 0 Å². The number of anilines is 2. The third-order valence-electron chi connectivity index (χ3n) is 3.94. The summed E-state index contributed by atoms with van der Waals surface area (Å²) in [6.07, 6.45) is -0.942. The maximum Gasteiger partial charge on any atom is 0.414 e. The summed E-state index contributed by atoms with van der Waals surface area (Å²) < 4.78 is 5.85. The molecular formula is C18H19ClN4O4S. The summed E-state index contributed by atoms with van der Waals surface area (Å²) in [5.74, 6) is -0.257. The van der Waals surface area contributed by atoms with Crippen molar-refractivity contribution in [3.63, 3.8) is 0 Å². The number of ether oxygens (including phenoxy) is 1. The molecule has 2 heterocycles. The van der Waals surface area contributed by atoms with Gasteiger partial charge in [-0.1, -0.05) is 11.6 Å². The van der Waals surface area contributed by atoms with Crippen molar-refractivity contribution < 1.29 is 19.1 Å². The number of thiophene rings is 1. The topological polar surface area (TPSA) is 99.8 Å². The van der Waals surface area contributed by atoms with E-state index in [1.54, 1.807) is 36.4 Å². The number of urea groups is 1. The van der Waals surface area contributed by atoms with Gasteiger partial charge in [-0.25, -0.2) is 9.59 Å². The first-order chi connectivity index (χ1) is 13.5. The molecule has 0 spiro atoms. The highest BCUT2D eigenvalue weighted by molar-refractivity contribution is 7.17. The van der Waals surface area contributed by atoms with Crippen LogP contribution in [0.4, 0.5) is 21.0 Å². The Labute approximate surface area is 170 Å². The average Bonchev–Trinajstić information content (AvgIpc) is 3.26. The SMILES string of the molecule is CCNC(=O)Nc1ccc(N2C[C@H](CNC(=O)c3ccc(Cl)s3)OC2=O)cc1. The minimum atomic E-state index is -0.483. The molecule has 4 amide bonds. The van der Waals surface area contributed by atoms with Crippen LogP contribution in [0.2, 0.25) is 4.34 Å². The molecule has 0 radical (unpaired) electrons. The van der Waals surface area contributed by atoms with Crippen LogP contribution in [-0.4, -0.2) is 43.8 Å². The maximum absolute atomic E-state index is 12.1. The van der Waals surface area contributed by atoms with Gasteiger partial charge in [0.1, 0.15) is 6.10 Å². The Balaban J connectivity index is 1.54. The molecule has 1 saturated heterocycles. The van der Waals surface area contributed by atoms with Crippen LogP contribution in [0.25, 0.3) is 0 Å². The lowest BCUT2D eigenvalue weighted by atomic mass is 10.2. The second kappa shape index (κ2) is 8.94. The number of halogens is 1. The van der Waals surface area contributed by atoms with Crippen LogP contribution in [0.1, 0.15) is 16.6 Å². The van der Waals surface area contributed by atoms with Crippen molar-refractivity contribution in [1.82, 2.24) is 10.6 Å². The molecule has 1 aromatic heterocycles. The average molecular weight is 423 g/mol. The lowest BCUT2D eigenvalue weighted by Crippen LogP contribution is -2.34. The van der Waals surface area contributed by atoms with Crippen molar-refractivity contribution in [1.29, 1.82) is 0 Å². The quantitative estimate of drug-likeness (QED) is 0.665.